The Kier molecular flexibility index (Phi) is 4.49. The average molecular weight is 353 g/mol. The number of aromatic nitrogens is 4. The van der Waals surface area contributed by atoms with Gasteiger partial charge >= 0.3 is 6.18 Å². The lowest BCUT2D eigenvalue weighted by atomic mass is 9.97. The summed E-state index contributed by atoms with van der Waals surface area (Å²) in [4.78, 5) is 28.8. The molecule has 1 aliphatic rings. The second kappa shape index (κ2) is 6.45. The van der Waals surface area contributed by atoms with E-state index in [1.165, 1.54) is 0 Å². The van der Waals surface area contributed by atoms with E-state index in [1.807, 2.05) is 0 Å². The maximum atomic E-state index is 12.7. The number of carbonyl (C=O) groups excluding carboxylic acids is 1. The average Bonchev–Trinajstić information content (AvgIpc) is 3.03. The highest BCUT2D eigenvalue weighted by Gasteiger charge is 2.35. The summed E-state index contributed by atoms with van der Waals surface area (Å²) in [5, 5.41) is 0. The summed E-state index contributed by atoms with van der Waals surface area (Å²) in [6.45, 7) is 4.35. The Morgan fingerprint density at radius 2 is 2.08 bits per heavy atom. The highest BCUT2D eigenvalue weighted by Crippen LogP contribution is 2.31. The molecule has 0 saturated carbocycles. The fourth-order valence-electron chi connectivity index (χ4n) is 3.06. The quantitative estimate of drug-likeness (QED) is 0.901. The van der Waals surface area contributed by atoms with Crippen LogP contribution in [0.3, 0.4) is 0 Å². The van der Waals surface area contributed by atoms with Crippen molar-refractivity contribution in [1.82, 2.24) is 24.8 Å². The molecule has 0 aliphatic carbocycles. The number of nitrogens with one attached hydrogen (secondary N) is 1. The maximum absolute atomic E-state index is 12.7. The summed E-state index contributed by atoms with van der Waals surface area (Å²) >= 11 is 0. The van der Waals surface area contributed by atoms with Crippen molar-refractivity contribution in [2.75, 3.05) is 13.1 Å². The van der Waals surface area contributed by atoms with Crippen LogP contribution >= 0.6 is 0 Å². The lowest BCUT2D eigenvalue weighted by molar-refractivity contribution is -0.141. The molecule has 1 saturated heterocycles. The summed E-state index contributed by atoms with van der Waals surface area (Å²) in [6.07, 6.45) is -2.28. The van der Waals surface area contributed by atoms with Crippen LogP contribution in [0.1, 0.15) is 52.3 Å². The van der Waals surface area contributed by atoms with Crippen LogP contribution in [0.15, 0.2) is 12.3 Å². The minimum atomic E-state index is -4.45. The largest absolute Gasteiger partial charge is 0.432 e. The van der Waals surface area contributed by atoms with Gasteiger partial charge in [0.25, 0.3) is 5.91 Å². The number of amides is 1. The van der Waals surface area contributed by atoms with E-state index in [-0.39, 0.29) is 17.6 Å². The number of carbonyl (C=O) groups is 1. The Morgan fingerprint density at radius 3 is 2.72 bits per heavy atom. The molecule has 3 heterocycles. The number of H-pyrrole nitrogens is 1. The zero-order valence-corrected chi connectivity index (χ0v) is 13.9. The topological polar surface area (TPSA) is 74.8 Å². The standard InChI is InChI=1S/C16H18F3N5O/c1-9-6-12(22-10(2)21-9)15(25)24-5-3-4-11(8-24)14-20-7-13(23-14)16(17,18)19/h6-7,11H,3-5,8H2,1-2H3,(H,20,23)/t11-/m0/s1. The SMILES string of the molecule is Cc1cc(C(=O)N2CCC[C@H](c3ncc(C(F)(F)F)[nH]3)C2)nc(C)n1. The van der Waals surface area contributed by atoms with Crippen LogP contribution in [0.4, 0.5) is 13.2 Å². The molecule has 9 heteroatoms. The number of hydrogen-bond donors (Lipinski definition) is 1. The van der Waals surface area contributed by atoms with E-state index < -0.39 is 11.9 Å². The Morgan fingerprint density at radius 1 is 1.32 bits per heavy atom. The minimum Gasteiger partial charge on any atom is -0.338 e. The number of halogens is 3. The molecule has 0 unspecified atom stereocenters. The molecule has 1 atom stereocenters. The molecular weight excluding hydrogens is 335 g/mol. The van der Waals surface area contributed by atoms with Gasteiger partial charge in [0.05, 0.1) is 6.20 Å². The fourth-order valence-corrected chi connectivity index (χ4v) is 3.06. The zero-order chi connectivity index (χ0) is 18.2. The molecular formula is C16H18F3N5O. The van der Waals surface area contributed by atoms with Gasteiger partial charge in [0.2, 0.25) is 0 Å². The molecule has 2 aromatic rings. The van der Waals surface area contributed by atoms with Crippen LogP contribution < -0.4 is 0 Å². The normalized spacial score (nSPS) is 18.4. The van der Waals surface area contributed by atoms with E-state index in [4.69, 9.17) is 0 Å². The number of likely N-dealkylation sites (tertiary alicyclic amines) is 1. The van der Waals surface area contributed by atoms with Crippen LogP contribution in [0, 0.1) is 13.8 Å². The molecule has 0 bridgehead atoms. The number of rotatable bonds is 2. The first-order valence-corrected chi connectivity index (χ1v) is 7.97. The number of aryl methyl sites for hydroxylation is 2. The van der Waals surface area contributed by atoms with Gasteiger partial charge in [-0.05, 0) is 32.8 Å². The smallest absolute Gasteiger partial charge is 0.338 e. The monoisotopic (exact) mass is 353 g/mol. The van der Waals surface area contributed by atoms with Gasteiger partial charge in [0.15, 0.2) is 0 Å². The number of nitrogens with zero attached hydrogens (tertiary/aromatic N) is 4. The first-order valence-electron chi connectivity index (χ1n) is 7.97. The lowest BCUT2D eigenvalue weighted by Gasteiger charge is -2.31. The third-order valence-corrected chi connectivity index (χ3v) is 4.18. The first kappa shape index (κ1) is 17.4. The number of piperidine rings is 1. The highest BCUT2D eigenvalue weighted by molar-refractivity contribution is 5.92. The molecule has 0 spiro atoms. The molecule has 6 nitrogen and oxygen atoms in total. The molecule has 2 aromatic heterocycles. The van der Waals surface area contributed by atoms with E-state index in [0.29, 0.717) is 43.1 Å². The van der Waals surface area contributed by atoms with Crippen LogP contribution in [-0.4, -0.2) is 43.8 Å². The van der Waals surface area contributed by atoms with Crippen molar-refractivity contribution in [2.45, 2.75) is 38.8 Å². The number of alkyl halides is 3. The Balaban J connectivity index is 1.76. The summed E-state index contributed by atoms with van der Waals surface area (Å²) in [5.41, 5.74) is 0.138. The Bertz CT molecular complexity index is 766. The van der Waals surface area contributed by atoms with Crippen LogP contribution in [-0.2, 0) is 6.18 Å². The zero-order valence-electron chi connectivity index (χ0n) is 13.9. The van der Waals surface area contributed by atoms with Crippen molar-refractivity contribution in [3.8, 4) is 0 Å². The summed E-state index contributed by atoms with van der Waals surface area (Å²) < 4.78 is 38.2. The van der Waals surface area contributed by atoms with Crippen LogP contribution in [0.25, 0.3) is 0 Å². The lowest BCUT2D eigenvalue weighted by Crippen LogP contribution is -2.39. The number of imidazole rings is 1. The minimum absolute atomic E-state index is 0.235. The van der Waals surface area contributed by atoms with E-state index >= 15 is 0 Å². The Labute approximate surface area is 142 Å². The van der Waals surface area contributed by atoms with Crippen LogP contribution in [0.5, 0.6) is 0 Å². The van der Waals surface area contributed by atoms with Gasteiger partial charge in [-0.1, -0.05) is 0 Å². The van der Waals surface area contributed by atoms with Crippen molar-refractivity contribution in [3.05, 3.63) is 41.0 Å². The first-order chi connectivity index (χ1) is 11.7. The molecule has 134 valence electrons. The molecule has 0 radical (unpaired) electrons. The second-order valence-corrected chi connectivity index (χ2v) is 6.21. The van der Waals surface area contributed by atoms with Gasteiger partial charge in [-0.3, -0.25) is 4.79 Å². The van der Waals surface area contributed by atoms with Crippen molar-refractivity contribution >= 4 is 5.91 Å². The number of hydrogen-bond acceptors (Lipinski definition) is 4. The predicted octanol–water partition coefficient (Wildman–Crippen LogP) is 2.86. The molecule has 0 aromatic carbocycles. The third-order valence-electron chi connectivity index (χ3n) is 4.18. The van der Waals surface area contributed by atoms with Crippen molar-refractivity contribution in [2.24, 2.45) is 0 Å². The molecule has 1 fully saturated rings. The fraction of sp³-hybridized carbons (Fsp3) is 0.500. The van der Waals surface area contributed by atoms with Gasteiger partial charge in [0.1, 0.15) is 23.0 Å². The third kappa shape index (κ3) is 3.80. The van der Waals surface area contributed by atoms with Crippen molar-refractivity contribution in [1.29, 1.82) is 0 Å². The molecule has 1 aliphatic heterocycles. The highest BCUT2D eigenvalue weighted by atomic mass is 19.4. The predicted molar refractivity (Wildman–Crippen MR) is 83.0 cm³/mol. The van der Waals surface area contributed by atoms with Gasteiger partial charge in [-0.25, -0.2) is 15.0 Å². The van der Waals surface area contributed by atoms with Gasteiger partial charge in [-0.15, -0.1) is 0 Å². The summed E-state index contributed by atoms with van der Waals surface area (Å²) in [6, 6.07) is 1.62. The summed E-state index contributed by atoms with van der Waals surface area (Å²) in [5.74, 6) is 0.288. The van der Waals surface area contributed by atoms with E-state index in [1.54, 1.807) is 24.8 Å². The van der Waals surface area contributed by atoms with E-state index in [9.17, 15) is 18.0 Å². The molecule has 25 heavy (non-hydrogen) atoms. The van der Waals surface area contributed by atoms with Gasteiger partial charge in [-0.2, -0.15) is 13.2 Å². The molecule has 3 rings (SSSR count). The van der Waals surface area contributed by atoms with Crippen LogP contribution in [0.2, 0.25) is 0 Å². The molecule has 1 amide bonds. The van der Waals surface area contributed by atoms with Gasteiger partial charge < -0.3 is 9.88 Å². The van der Waals surface area contributed by atoms with Crippen molar-refractivity contribution < 1.29 is 18.0 Å². The maximum Gasteiger partial charge on any atom is 0.432 e. The summed E-state index contributed by atoms with van der Waals surface area (Å²) in [7, 11) is 0. The van der Waals surface area contributed by atoms with Gasteiger partial charge in [0, 0.05) is 24.7 Å². The Hall–Kier alpha value is -2.45. The van der Waals surface area contributed by atoms with E-state index in [0.717, 1.165) is 6.20 Å². The number of aromatic amines is 1. The second-order valence-electron chi connectivity index (χ2n) is 6.21. The van der Waals surface area contributed by atoms with E-state index in [2.05, 4.69) is 19.9 Å². The van der Waals surface area contributed by atoms with Crippen molar-refractivity contribution in [3.63, 3.8) is 0 Å². The molecule has 1 N–H and O–H groups in total.